The summed E-state index contributed by atoms with van der Waals surface area (Å²) in [5.74, 6) is -0.250. The third-order valence-electron chi connectivity index (χ3n) is 4.96. The van der Waals surface area contributed by atoms with Crippen LogP contribution < -0.4 is 0 Å². The van der Waals surface area contributed by atoms with Crippen molar-refractivity contribution in [1.29, 1.82) is 0 Å². The lowest BCUT2D eigenvalue weighted by Crippen LogP contribution is -2.48. The van der Waals surface area contributed by atoms with Gasteiger partial charge in [0.15, 0.2) is 5.65 Å². The summed E-state index contributed by atoms with van der Waals surface area (Å²) in [5.41, 5.74) is 3.93. The van der Waals surface area contributed by atoms with Gasteiger partial charge in [-0.1, -0.05) is 12.1 Å². The van der Waals surface area contributed by atoms with E-state index in [0.717, 1.165) is 30.0 Å². The van der Waals surface area contributed by atoms with Gasteiger partial charge in [-0.05, 0) is 37.6 Å². The Kier molecular flexibility index (Phi) is 4.61. The van der Waals surface area contributed by atoms with Gasteiger partial charge in [-0.15, -0.1) is 0 Å². The maximum Gasteiger partial charge on any atom is 0.259 e. The molecular weight excluding hydrogens is 345 g/mol. The normalized spacial score (nSPS) is 15.4. The maximum absolute atomic E-state index is 13.3. The molecule has 0 atom stereocenters. The third kappa shape index (κ3) is 3.55. The Morgan fingerprint density at radius 2 is 1.93 bits per heavy atom. The van der Waals surface area contributed by atoms with Gasteiger partial charge >= 0.3 is 0 Å². The average Bonchev–Trinajstić information content (AvgIpc) is 3.06. The van der Waals surface area contributed by atoms with Gasteiger partial charge in [0.25, 0.3) is 5.91 Å². The van der Waals surface area contributed by atoms with Crippen LogP contribution in [0.5, 0.6) is 0 Å². The van der Waals surface area contributed by atoms with Gasteiger partial charge in [0.05, 0.1) is 6.20 Å². The van der Waals surface area contributed by atoms with E-state index in [9.17, 15) is 9.18 Å². The number of hydrogen-bond acceptors (Lipinski definition) is 4. The number of aryl methyl sites for hydroxylation is 2. The fourth-order valence-electron chi connectivity index (χ4n) is 3.59. The number of benzene rings is 1. The predicted molar refractivity (Wildman–Crippen MR) is 100 cm³/mol. The van der Waals surface area contributed by atoms with Crippen LogP contribution in [0.3, 0.4) is 0 Å². The van der Waals surface area contributed by atoms with E-state index in [1.807, 2.05) is 30.9 Å². The van der Waals surface area contributed by atoms with Crippen LogP contribution in [0, 0.1) is 19.7 Å². The van der Waals surface area contributed by atoms with Crippen LogP contribution in [0.1, 0.15) is 27.3 Å². The number of hydrogen-bond donors (Lipinski definition) is 0. The van der Waals surface area contributed by atoms with Gasteiger partial charge in [0.2, 0.25) is 0 Å². The highest BCUT2D eigenvalue weighted by Gasteiger charge is 2.25. The smallest absolute Gasteiger partial charge is 0.259 e. The first-order valence-electron chi connectivity index (χ1n) is 9.09. The molecule has 1 saturated heterocycles. The quantitative estimate of drug-likeness (QED) is 0.714. The van der Waals surface area contributed by atoms with Gasteiger partial charge in [0.1, 0.15) is 11.4 Å². The molecule has 140 valence electrons. The summed E-state index contributed by atoms with van der Waals surface area (Å²) in [7, 11) is 0. The molecular formula is C20H22FN5O. The summed E-state index contributed by atoms with van der Waals surface area (Å²) in [6, 6.07) is 8.61. The zero-order valence-electron chi connectivity index (χ0n) is 15.5. The van der Waals surface area contributed by atoms with Crippen LogP contribution in [0.15, 0.2) is 36.5 Å². The minimum absolute atomic E-state index is 0.0343. The molecule has 1 aliphatic heterocycles. The summed E-state index contributed by atoms with van der Waals surface area (Å²) in [6.45, 7) is 7.34. The standard InChI is InChI=1S/C20H22FN5O/c1-14-10-15(2)26-19(23-14)18(12-22-26)20(27)25-8-6-24(7-9-25)13-16-4-3-5-17(21)11-16/h3-5,10-12H,6-9,13H2,1-2H3. The number of carbonyl (C=O) groups excluding carboxylic acids is 1. The Balaban J connectivity index is 1.45. The van der Waals surface area contributed by atoms with Gasteiger partial charge in [-0.3, -0.25) is 9.69 Å². The fraction of sp³-hybridized carbons (Fsp3) is 0.350. The van der Waals surface area contributed by atoms with Crippen LogP contribution in [-0.2, 0) is 6.54 Å². The predicted octanol–water partition coefficient (Wildman–Crippen LogP) is 2.44. The Hall–Kier alpha value is -2.80. The van der Waals surface area contributed by atoms with E-state index in [2.05, 4.69) is 15.0 Å². The molecule has 3 aromatic rings. The molecule has 6 nitrogen and oxygen atoms in total. The van der Waals surface area contributed by atoms with Crippen LogP contribution in [0.25, 0.3) is 5.65 Å². The van der Waals surface area contributed by atoms with E-state index in [1.54, 1.807) is 22.8 Å². The Morgan fingerprint density at radius 1 is 1.15 bits per heavy atom. The molecule has 4 rings (SSSR count). The zero-order valence-corrected chi connectivity index (χ0v) is 15.5. The number of fused-ring (bicyclic) bond motifs is 1. The zero-order chi connectivity index (χ0) is 19.0. The minimum Gasteiger partial charge on any atom is -0.336 e. The fourth-order valence-corrected chi connectivity index (χ4v) is 3.59. The number of carbonyl (C=O) groups is 1. The number of aromatic nitrogens is 3. The third-order valence-corrected chi connectivity index (χ3v) is 4.96. The lowest BCUT2D eigenvalue weighted by Gasteiger charge is -2.34. The number of amides is 1. The molecule has 0 N–H and O–H groups in total. The van der Waals surface area contributed by atoms with Gasteiger partial charge in [0, 0.05) is 44.1 Å². The van der Waals surface area contributed by atoms with Crippen LogP contribution in [0.2, 0.25) is 0 Å². The SMILES string of the molecule is Cc1cc(C)n2ncc(C(=O)N3CCN(Cc4cccc(F)c4)CC3)c2n1. The monoisotopic (exact) mass is 367 g/mol. The number of halogens is 1. The molecule has 0 radical (unpaired) electrons. The molecule has 1 amide bonds. The summed E-state index contributed by atoms with van der Waals surface area (Å²) < 4.78 is 15.1. The van der Waals surface area contributed by atoms with Crippen LogP contribution in [0.4, 0.5) is 4.39 Å². The highest BCUT2D eigenvalue weighted by atomic mass is 19.1. The first-order valence-corrected chi connectivity index (χ1v) is 9.09. The van der Waals surface area contributed by atoms with Gasteiger partial charge in [-0.2, -0.15) is 5.10 Å². The van der Waals surface area contributed by atoms with Crippen LogP contribution in [-0.4, -0.2) is 56.5 Å². The summed E-state index contributed by atoms with van der Waals surface area (Å²) in [4.78, 5) is 21.6. The minimum atomic E-state index is -0.215. The van der Waals surface area contributed by atoms with Crippen molar-refractivity contribution < 1.29 is 9.18 Å². The van der Waals surface area contributed by atoms with E-state index in [0.29, 0.717) is 30.8 Å². The Morgan fingerprint density at radius 3 is 2.67 bits per heavy atom. The summed E-state index contributed by atoms with van der Waals surface area (Å²) in [6.07, 6.45) is 1.61. The van der Waals surface area contributed by atoms with Crippen molar-refractivity contribution in [3.63, 3.8) is 0 Å². The topological polar surface area (TPSA) is 53.7 Å². The molecule has 1 aromatic carbocycles. The molecule has 0 saturated carbocycles. The first-order chi connectivity index (χ1) is 13.0. The largest absolute Gasteiger partial charge is 0.336 e. The van der Waals surface area contributed by atoms with E-state index in [1.165, 1.54) is 6.07 Å². The number of piperazine rings is 1. The van der Waals surface area contributed by atoms with E-state index >= 15 is 0 Å². The highest BCUT2D eigenvalue weighted by molar-refractivity contribution is 5.99. The molecule has 3 heterocycles. The molecule has 0 unspecified atom stereocenters. The second-order valence-corrected chi connectivity index (χ2v) is 7.03. The van der Waals surface area contributed by atoms with Crippen LogP contribution >= 0.6 is 0 Å². The Bertz CT molecular complexity index is 991. The number of nitrogens with zero attached hydrogens (tertiary/aromatic N) is 5. The summed E-state index contributed by atoms with van der Waals surface area (Å²) >= 11 is 0. The van der Waals surface area contributed by atoms with Crippen molar-refractivity contribution >= 4 is 11.6 Å². The van der Waals surface area contributed by atoms with Crippen molar-refractivity contribution in [1.82, 2.24) is 24.4 Å². The van der Waals surface area contributed by atoms with Crippen molar-refractivity contribution in [3.05, 3.63) is 64.9 Å². The van der Waals surface area contributed by atoms with Crippen molar-refractivity contribution in [2.75, 3.05) is 26.2 Å². The van der Waals surface area contributed by atoms with Gasteiger partial charge in [-0.25, -0.2) is 13.9 Å². The first kappa shape index (κ1) is 17.6. The molecule has 0 bridgehead atoms. The molecule has 1 aliphatic rings. The van der Waals surface area contributed by atoms with E-state index < -0.39 is 0 Å². The molecule has 1 fully saturated rings. The Labute approximate surface area is 157 Å². The maximum atomic E-state index is 13.3. The lowest BCUT2D eigenvalue weighted by atomic mass is 10.2. The molecule has 7 heteroatoms. The second-order valence-electron chi connectivity index (χ2n) is 7.03. The average molecular weight is 367 g/mol. The van der Waals surface area contributed by atoms with E-state index in [4.69, 9.17) is 0 Å². The summed E-state index contributed by atoms with van der Waals surface area (Å²) in [5, 5.41) is 4.31. The van der Waals surface area contributed by atoms with Crippen molar-refractivity contribution in [3.8, 4) is 0 Å². The second kappa shape index (κ2) is 7.08. The lowest BCUT2D eigenvalue weighted by molar-refractivity contribution is 0.0630. The van der Waals surface area contributed by atoms with Crippen molar-refractivity contribution in [2.45, 2.75) is 20.4 Å². The van der Waals surface area contributed by atoms with Crippen molar-refractivity contribution in [2.24, 2.45) is 0 Å². The molecule has 2 aromatic heterocycles. The van der Waals surface area contributed by atoms with E-state index in [-0.39, 0.29) is 11.7 Å². The molecule has 0 aliphatic carbocycles. The number of rotatable bonds is 3. The van der Waals surface area contributed by atoms with Gasteiger partial charge < -0.3 is 4.90 Å². The highest BCUT2D eigenvalue weighted by Crippen LogP contribution is 2.16. The molecule has 0 spiro atoms. The molecule has 27 heavy (non-hydrogen) atoms.